The molecule has 0 atom stereocenters. The van der Waals surface area contributed by atoms with E-state index < -0.39 is 5.97 Å². The van der Waals surface area contributed by atoms with Gasteiger partial charge in [-0.3, -0.25) is 9.69 Å². The molecule has 2 heterocycles. The first-order valence-electron chi connectivity index (χ1n) is 7.27. The molecule has 1 aromatic carbocycles. The minimum Gasteiger partial charge on any atom is -0.545 e. The van der Waals surface area contributed by atoms with Gasteiger partial charge in [-0.1, -0.05) is 48.3 Å². The molecule has 2 aromatic rings. The van der Waals surface area contributed by atoms with E-state index >= 15 is 0 Å². The number of nitrogens with zero attached hydrogens (tertiary/aromatic N) is 1. The molecule has 3 rings (SSSR count). The highest BCUT2D eigenvalue weighted by Crippen LogP contribution is 2.33. The maximum atomic E-state index is 12.3. The van der Waals surface area contributed by atoms with Gasteiger partial charge in [0.15, 0.2) is 0 Å². The molecular formula is C18H12NO4S2-. The third kappa shape index (κ3) is 3.57. The molecule has 1 amide bonds. The first-order valence-corrected chi connectivity index (χ1v) is 8.50. The van der Waals surface area contributed by atoms with E-state index in [4.69, 9.17) is 16.6 Å². The van der Waals surface area contributed by atoms with Crippen LogP contribution >= 0.6 is 24.0 Å². The Morgan fingerprint density at radius 3 is 2.88 bits per heavy atom. The zero-order valence-electron chi connectivity index (χ0n) is 12.9. The second-order valence-electron chi connectivity index (χ2n) is 5.15. The lowest BCUT2D eigenvalue weighted by Gasteiger charge is -2.10. The number of hydrogen-bond acceptors (Lipinski definition) is 6. The summed E-state index contributed by atoms with van der Waals surface area (Å²) in [6.45, 7) is 3.97. The number of aromatic carboxylic acids is 1. The normalized spacial score (nSPS) is 15.8. The van der Waals surface area contributed by atoms with E-state index in [0.717, 1.165) is 0 Å². The number of amides is 1. The van der Waals surface area contributed by atoms with E-state index in [2.05, 4.69) is 6.58 Å². The summed E-state index contributed by atoms with van der Waals surface area (Å²) in [6.07, 6.45) is 3.23. The molecule has 1 aliphatic heterocycles. The maximum Gasteiger partial charge on any atom is 0.266 e. The van der Waals surface area contributed by atoms with Gasteiger partial charge in [0.25, 0.3) is 5.91 Å². The summed E-state index contributed by atoms with van der Waals surface area (Å²) in [4.78, 5) is 25.2. The number of benzene rings is 1. The van der Waals surface area contributed by atoms with Gasteiger partial charge in [-0.2, -0.15) is 0 Å². The summed E-state index contributed by atoms with van der Waals surface area (Å²) in [6, 6.07) is 9.70. The highest BCUT2D eigenvalue weighted by molar-refractivity contribution is 8.26. The molecule has 0 N–H and O–H groups in total. The van der Waals surface area contributed by atoms with Crippen molar-refractivity contribution in [3.63, 3.8) is 0 Å². The molecule has 126 valence electrons. The number of thiocarbonyl (C=S) groups is 1. The molecule has 5 nitrogen and oxygen atoms in total. The van der Waals surface area contributed by atoms with Gasteiger partial charge in [0.1, 0.15) is 15.8 Å². The summed E-state index contributed by atoms with van der Waals surface area (Å²) < 4.78 is 6.18. The fourth-order valence-corrected chi connectivity index (χ4v) is 3.56. The number of furan rings is 1. The Kier molecular flexibility index (Phi) is 4.87. The van der Waals surface area contributed by atoms with Gasteiger partial charge < -0.3 is 14.3 Å². The van der Waals surface area contributed by atoms with Crippen LogP contribution in [0.5, 0.6) is 0 Å². The molecule has 0 saturated carbocycles. The van der Waals surface area contributed by atoms with Gasteiger partial charge in [-0.25, -0.2) is 0 Å². The van der Waals surface area contributed by atoms with E-state index in [1.54, 1.807) is 36.4 Å². The van der Waals surface area contributed by atoms with E-state index in [0.29, 0.717) is 32.9 Å². The number of rotatable bonds is 5. The molecule has 0 spiro atoms. The quantitative estimate of drug-likeness (QED) is 0.458. The Hall–Kier alpha value is -2.64. The highest BCUT2D eigenvalue weighted by atomic mass is 32.2. The van der Waals surface area contributed by atoms with Gasteiger partial charge in [-0.15, -0.1) is 6.58 Å². The summed E-state index contributed by atoms with van der Waals surface area (Å²) in [5, 5.41) is 11.0. The van der Waals surface area contributed by atoms with E-state index in [9.17, 15) is 14.7 Å². The minimum atomic E-state index is -1.25. The molecule has 0 radical (unpaired) electrons. The summed E-state index contributed by atoms with van der Waals surface area (Å²) in [7, 11) is 0. The maximum absolute atomic E-state index is 12.3. The zero-order valence-corrected chi connectivity index (χ0v) is 14.6. The van der Waals surface area contributed by atoms with Crippen LogP contribution in [0, 0.1) is 0 Å². The number of carbonyl (C=O) groups excluding carboxylic acids is 2. The van der Waals surface area contributed by atoms with E-state index in [1.165, 1.54) is 28.8 Å². The lowest BCUT2D eigenvalue weighted by Crippen LogP contribution is -2.27. The van der Waals surface area contributed by atoms with Crippen LogP contribution in [-0.2, 0) is 4.79 Å². The smallest absolute Gasteiger partial charge is 0.266 e. The van der Waals surface area contributed by atoms with Crippen LogP contribution in [-0.4, -0.2) is 27.6 Å². The fraction of sp³-hybridized carbons (Fsp3) is 0.0556. The van der Waals surface area contributed by atoms with Crippen LogP contribution in [0.15, 0.2) is 58.4 Å². The predicted octanol–water partition coefficient (Wildman–Crippen LogP) is 2.70. The zero-order chi connectivity index (χ0) is 18.0. The Labute approximate surface area is 153 Å². The van der Waals surface area contributed by atoms with Gasteiger partial charge in [-0.05, 0) is 23.8 Å². The molecule has 0 bridgehead atoms. The molecule has 1 fully saturated rings. The number of carbonyl (C=O) groups is 2. The van der Waals surface area contributed by atoms with Crippen LogP contribution in [0.4, 0.5) is 0 Å². The Balaban J connectivity index is 1.86. The molecule has 25 heavy (non-hydrogen) atoms. The predicted molar refractivity (Wildman–Crippen MR) is 98.6 cm³/mol. The second kappa shape index (κ2) is 7.08. The van der Waals surface area contributed by atoms with Crippen molar-refractivity contribution >= 4 is 46.3 Å². The average molecular weight is 370 g/mol. The van der Waals surface area contributed by atoms with Crippen molar-refractivity contribution in [1.82, 2.24) is 4.90 Å². The standard InChI is InChI=1S/C18H13NO4S2/c1-2-8-19-16(20)15(25-18(19)24)10-13-6-7-14(23-13)11-4-3-5-12(9-11)17(21)22/h2-7,9-10H,1,8H2,(H,21,22)/p-1. The number of carboxylic acids is 1. The third-order valence-corrected chi connectivity index (χ3v) is 4.85. The van der Waals surface area contributed by atoms with Crippen LogP contribution in [0.25, 0.3) is 17.4 Å². The molecule has 1 saturated heterocycles. The van der Waals surface area contributed by atoms with Gasteiger partial charge in [0, 0.05) is 18.2 Å². The third-order valence-electron chi connectivity index (χ3n) is 3.47. The molecule has 1 aromatic heterocycles. The van der Waals surface area contributed by atoms with E-state index in [1.807, 2.05) is 0 Å². The Morgan fingerprint density at radius 2 is 2.16 bits per heavy atom. The van der Waals surface area contributed by atoms with E-state index in [-0.39, 0.29) is 11.5 Å². The number of carboxylic acid groups (broad SMARTS) is 1. The van der Waals surface area contributed by atoms with Gasteiger partial charge in [0.2, 0.25) is 0 Å². The SMILES string of the molecule is C=CCN1C(=O)C(=Cc2ccc(-c3cccc(C(=O)[O-])c3)o2)SC1=S. The molecule has 0 unspecified atom stereocenters. The van der Waals surface area contributed by atoms with Crippen LogP contribution < -0.4 is 5.11 Å². The molecular weight excluding hydrogens is 358 g/mol. The largest absolute Gasteiger partial charge is 0.545 e. The minimum absolute atomic E-state index is 0.0701. The first kappa shape index (κ1) is 17.2. The molecule has 0 aliphatic carbocycles. The lowest BCUT2D eigenvalue weighted by atomic mass is 10.1. The molecule has 1 aliphatic rings. The van der Waals surface area contributed by atoms with Gasteiger partial charge >= 0.3 is 0 Å². The monoisotopic (exact) mass is 370 g/mol. The van der Waals surface area contributed by atoms with Crippen LogP contribution in [0.3, 0.4) is 0 Å². The first-order chi connectivity index (χ1) is 12.0. The highest BCUT2D eigenvalue weighted by Gasteiger charge is 2.31. The van der Waals surface area contributed by atoms with Crippen molar-refractivity contribution in [3.05, 3.63) is 65.3 Å². The average Bonchev–Trinajstić information content (AvgIpc) is 3.16. The molecule has 7 heteroatoms. The number of thioether (sulfide) groups is 1. The fourth-order valence-electron chi connectivity index (χ4n) is 2.30. The van der Waals surface area contributed by atoms with Crippen molar-refractivity contribution in [3.8, 4) is 11.3 Å². The lowest BCUT2D eigenvalue weighted by molar-refractivity contribution is -0.255. The van der Waals surface area contributed by atoms with Crippen LogP contribution in [0.1, 0.15) is 16.1 Å². The van der Waals surface area contributed by atoms with Crippen molar-refractivity contribution in [1.29, 1.82) is 0 Å². The summed E-state index contributed by atoms with van der Waals surface area (Å²) in [5.74, 6) is -0.463. The van der Waals surface area contributed by atoms with Crippen molar-refractivity contribution < 1.29 is 19.1 Å². The van der Waals surface area contributed by atoms with Crippen molar-refractivity contribution in [2.75, 3.05) is 6.54 Å². The topological polar surface area (TPSA) is 73.6 Å². The Morgan fingerprint density at radius 1 is 1.36 bits per heavy atom. The summed E-state index contributed by atoms with van der Waals surface area (Å²) in [5.41, 5.74) is 0.682. The second-order valence-corrected chi connectivity index (χ2v) is 6.83. The Bertz CT molecular complexity index is 913. The van der Waals surface area contributed by atoms with Crippen molar-refractivity contribution in [2.24, 2.45) is 0 Å². The van der Waals surface area contributed by atoms with Crippen LogP contribution in [0.2, 0.25) is 0 Å². The summed E-state index contributed by atoms with van der Waals surface area (Å²) >= 11 is 6.39. The van der Waals surface area contributed by atoms with Gasteiger partial charge in [0.05, 0.1) is 10.9 Å². The van der Waals surface area contributed by atoms with Crippen molar-refractivity contribution in [2.45, 2.75) is 0 Å². The number of hydrogen-bond donors (Lipinski definition) is 0.